The molecular weight excluding hydrogens is 260 g/mol. The van der Waals surface area contributed by atoms with E-state index in [1.54, 1.807) is 12.1 Å². The number of carbonyl (C=O) groups excluding carboxylic acids is 1. The summed E-state index contributed by atoms with van der Waals surface area (Å²) in [6.07, 6.45) is 1.80. The normalized spacial score (nSPS) is 15.5. The first kappa shape index (κ1) is 12.0. The van der Waals surface area contributed by atoms with Crippen molar-refractivity contribution in [2.45, 2.75) is 6.92 Å². The lowest BCUT2D eigenvalue weighted by molar-refractivity contribution is 0.0717. The van der Waals surface area contributed by atoms with Crippen molar-refractivity contribution in [3.8, 4) is 0 Å². The standard InChI is InChI=1S/C16H11ClO2/c1-10-6-7-12-13(8-10)15(19-16(12)18)9-11-4-2-3-5-14(11)17/h2-9H,1H3/b15-9-. The monoisotopic (exact) mass is 270 g/mol. The fourth-order valence-electron chi connectivity index (χ4n) is 2.09. The van der Waals surface area contributed by atoms with Gasteiger partial charge in [0.2, 0.25) is 0 Å². The minimum absolute atomic E-state index is 0.312. The van der Waals surface area contributed by atoms with Crippen molar-refractivity contribution < 1.29 is 9.53 Å². The lowest BCUT2D eigenvalue weighted by atomic mass is 10.0. The molecule has 0 atom stereocenters. The van der Waals surface area contributed by atoms with Crippen LogP contribution in [-0.4, -0.2) is 5.97 Å². The Hall–Kier alpha value is -2.06. The highest BCUT2D eigenvalue weighted by Crippen LogP contribution is 2.33. The van der Waals surface area contributed by atoms with Crippen LogP contribution in [0.3, 0.4) is 0 Å². The maximum absolute atomic E-state index is 11.8. The SMILES string of the molecule is Cc1ccc2c(c1)/C(=C/c1ccccc1Cl)OC2=O. The maximum atomic E-state index is 11.8. The van der Waals surface area contributed by atoms with Crippen molar-refractivity contribution in [3.63, 3.8) is 0 Å². The Morgan fingerprint density at radius 3 is 2.68 bits per heavy atom. The molecule has 2 nitrogen and oxygen atoms in total. The average Bonchev–Trinajstić information content (AvgIpc) is 2.69. The van der Waals surface area contributed by atoms with Gasteiger partial charge in [-0.25, -0.2) is 4.79 Å². The second kappa shape index (κ2) is 4.56. The fourth-order valence-corrected chi connectivity index (χ4v) is 2.28. The largest absolute Gasteiger partial charge is 0.422 e. The van der Waals surface area contributed by atoms with Crippen LogP contribution in [0, 0.1) is 6.92 Å². The van der Waals surface area contributed by atoms with Crippen molar-refractivity contribution in [1.29, 1.82) is 0 Å². The number of ether oxygens (including phenoxy) is 1. The summed E-state index contributed by atoms with van der Waals surface area (Å²) in [5.41, 5.74) is 3.34. The molecule has 19 heavy (non-hydrogen) atoms. The predicted molar refractivity (Wildman–Crippen MR) is 75.9 cm³/mol. The summed E-state index contributed by atoms with van der Waals surface area (Å²) in [5, 5.41) is 0.632. The van der Waals surface area contributed by atoms with Crippen LogP contribution in [0.25, 0.3) is 11.8 Å². The topological polar surface area (TPSA) is 26.3 Å². The Labute approximate surface area is 116 Å². The molecule has 0 radical (unpaired) electrons. The van der Waals surface area contributed by atoms with Crippen molar-refractivity contribution in [2.24, 2.45) is 0 Å². The van der Waals surface area contributed by atoms with Gasteiger partial charge in [-0.1, -0.05) is 41.4 Å². The Morgan fingerprint density at radius 2 is 1.89 bits per heavy atom. The lowest BCUT2D eigenvalue weighted by Gasteiger charge is -2.01. The van der Waals surface area contributed by atoms with E-state index in [4.69, 9.17) is 16.3 Å². The second-order valence-corrected chi connectivity index (χ2v) is 4.88. The fraction of sp³-hybridized carbons (Fsp3) is 0.0625. The molecule has 0 fully saturated rings. The number of carbonyl (C=O) groups is 1. The number of esters is 1. The summed E-state index contributed by atoms with van der Waals surface area (Å²) < 4.78 is 5.31. The van der Waals surface area contributed by atoms with Crippen LogP contribution < -0.4 is 0 Å². The first-order valence-electron chi connectivity index (χ1n) is 5.94. The molecule has 0 N–H and O–H groups in total. The van der Waals surface area contributed by atoms with E-state index < -0.39 is 0 Å². The summed E-state index contributed by atoms with van der Waals surface area (Å²) in [4.78, 5) is 11.8. The summed E-state index contributed by atoms with van der Waals surface area (Å²) >= 11 is 6.11. The van der Waals surface area contributed by atoms with Crippen LogP contribution in [0.1, 0.15) is 27.0 Å². The van der Waals surface area contributed by atoms with Gasteiger partial charge in [0.25, 0.3) is 0 Å². The van der Waals surface area contributed by atoms with Crippen LogP contribution in [0.4, 0.5) is 0 Å². The van der Waals surface area contributed by atoms with E-state index in [1.165, 1.54) is 0 Å². The Balaban J connectivity index is 2.12. The summed E-state index contributed by atoms with van der Waals surface area (Å²) in [6, 6.07) is 13.1. The number of hydrogen-bond acceptors (Lipinski definition) is 2. The molecule has 0 amide bonds. The zero-order valence-corrected chi connectivity index (χ0v) is 11.1. The van der Waals surface area contributed by atoms with Crippen molar-refractivity contribution >= 4 is 29.4 Å². The first-order chi connectivity index (χ1) is 9.15. The predicted octanol–water partition coefficient (Wildman–Crippen LogP) is 4.32. The van der Waals surface area contributed by atoms with Gasteiger partial charge >= 0.3 is 5.97 Å². The average molecular weight is 271 g/mol. The molecule has 0 saturated heterocycles. The highest BCUT2D eigenvalue weighted by Gasteiger charge is 2.26. The third-order valence-electron chi connectivity index (χ3n) is 3.05. The number of aryl methyl sites for hydroxylation is 1. The van der Waals surface area contributed by atoms with E-state index >= 15 is 0 Å². The molecule has 1 aliphatic rings. The second-order valence-electron chi connectivity index (χ2n) is 4.47. The molecule has 3 heteroatoms. The molecule has 0 spiro atoms. The van der Waals surface area contributed by atoms with Crippen molar-refractivity contribution in [1.82, 2.24) is 0 Å². The highest BCUT2D eigenvalue weighted by atomic mass is 35.5. The first-order valence-corrected chi connectivity index (χ1v) is 6.32. The molecule has 1 aliphatic heterocycles. The Kier molecular flexibility index (Phi) is 2.88. The van der Waals surface area contributed by atoms with Crippen LogP contribution in [0.15, 0.2) is 42.5 Å². The molecule has 0 aliphatic carbocycles. The Bertz CT molecular complexity index is 702. The maximum Gasteiger partial charge on any atom is 0.344 e. The molecule has 0 unspecified atom stereocenters. The Morgan fingerprint density at radius 1 is 1.11 bits per heavy atom. The number of halogens is 1. The zero-order valence-electron chi connectivity index (χ0n) is 10.3. The van der Waals surface area contributed by atoms with Gasteiger partial charge in [0.15, 0.2) is 0 Å². The minimum atomic E-state index is -0.312. The molecule has 2 aromatic carbocycles. The summed E-state index contributed by atoms with van der Waals surface area (Å²) in [6.45, 7) is 1.98. The van der Waals surface area contributed by atoms with Gasteiger partial charge in [0, 0.05) is 10.6 Å². The van der Waals surface area contributed by atoms with Gasteiger partial charge in [-0.3, -0.25) is 0 Å². The van der Waals surface area contributed by atoms with Gasteiger partial charge in [-0.2, -0.15) is 0 Å². The summed E-state index contributed by atoms with van der Waals surface area (Å²) in [5.74, 6) is 0.241. The van der Waals surface area contributed by atoms with Crippen molar-refractivity contribution in [2.75, 3.05) is 0 Å². The quantitative estimate of drug-likeness (QED) is 0.722. The number of fused-ring (bicyclic) bond motifs is 1. The smallest absolute Gasteiger partial charge is 0.344 e. The summed E-state index contributed by atoms with van der Waals surface area (Å²) in [7, 11) is 0. The molecule has 1 heterocycles. The third-order valence-corrected chi connectivity index (χ3v) is 3.40. The molecule has 94 valence electrons. The van der Waals surface area contributed by atoms with E-state index in [0.29, 0.717) is 16.3 Å². The third kappa shape index (κ3) is 2.15. The number of rotatable bonds is 1. The van der Waals surface area contributed by atoms with Crippen molar-refractivity contribution in [3.05, 3.63) is 69.7 Å². The van der Waals surface area contributed by atoms with E-state index in [9.17, 15) is 4.79 Å². The van der Waals surface area contributed by atoms with E-state index in [-0.39, 0.29) is 5.97 Å². The van der Waals surface area contributed by atoms with Gasteiger partial charge in [0.05, 0.1) is 5.56 Å². The minimum Gasteiger partial charge on any atom is -0.422 e. The van der Waals surface area contributed by atoms with Gasteiger partial charge in [0.1, 0.15) is 5.76 Å². The molecule has 0 saturated carbocycles. The van der Waals surface area contributed by atoms with Crippen LogP contribution in [-0.2, 0) is 4.74 Å². The highest BCUT2D eigenvalue weighted by molar-refractivity contribution is 6.32. The van der Waals surface area contributed by atoms with E-state index in [0.717, 1.165) is 16.7 Å². The van der Waals surface area contributed by atoms with Crippen LogP contribution >= 0.6 is 11.6 Å². The molecule has 3 rings (SSSR count). The van der Waals surface area contributed by atoms with E-state index in [2.05, 4.69) is 0 Å². The van der Waals surface area contributed by atoms with Gasteiger partial charge in [-0.15, -0.1) is 0 Å². The van der Waals surface area contributed by atoms with Gasteiger partial charge < -0.3 is 4.74 Å². The lowest BCUT2D eigenvalue weighted by Crippen LogP contribution is -1.92. The number of benzene rings is 2. The van der Waals surface area contributed by atoms with Crippen LogP contribution in [0.2, 0.25) is 5.02 Å². The molecule has 2 aromatic rings. The number of hydrogen-bond donors (Lipinski definition) is 0. The zero-order chi connectivity index (χ0) is 13.4. The number of cyclic esters (lactones) is 1. The van der Waals surface area contributed by atoms with E-state index in [1.807, 2.05) is 43.3 Å². The molecule has 0 aromatic heterocycles. The van der Waals surface area contributed by atoms with Crippen LogP contribution in [0.5, 0.6) is 0 Å². The molecule has 0 bridgehead atoms. The molecular formula is C16H11ClO2. The van der Waals surface area contributed by atoms with Gasteiger partial charge in [-0.05, 0) is 36.8 Å².